The SMILES string of the molecule is Cc1c(Cl)nc(C(C)C)nc1-c1cnccc1C(F)(F)F. The van der Waals surface area contributed by atoms with E-state index in [-0.39, 0.29) is 22.3 Å². The summed E-state index contributed by atoms with van der Waals surface area (Å²) in [5.74, 6) is 0.352. The molecule has 0 spiro atoms. The zero-order valence-corrected chi connectivity index (χ0v) is 12.4. The molecular weight excluding hydrogens is 303 g/mol. The van der Waals surface area contributed by atoms with E-state index < -0.39 is 11.7 Å². The summed E-state index contributed by atoms with van der Waals surface area (Å²) in [5.41, 5.74) is -0.308. The van der Waals surface area contributed by atoms with Gasteiger partial charge in [-0.05, 0) is 13.0 Å². The Labute approximate surface area is 125 Å². The van der Waals surface area contributed by atoms with Crippen LogP contribution in [0.2, 0.25) is 5.15 Å². The van der Waals surface area contributed by atoms with Gasteiger partial charge in [-0.1, -0.05) is 25.4 Å². The van der Waals surface area contributed by atoms with Crippen LogP contribution in [0.3, 0.4) is 0 Å². The summed E-state index contributed by atoms with van der Waals surface area (Å²) in [4.78, 5) is 12.1. The van der Waals surface area contributed by atoms with E-state index in [4.69, 9.17) is 11.6 Å². The molecule has 2 heterocycles. The molecule has 7 heteroatoms. The minimum atomic E-state index is -4.49. The Morgan fingerprint density at radius 3 is 2.43 bits per heavy atom. The van der Waals surface area contributed by atoms with Crippen LogP contribution >= 0.6 is 11.6 Å². The van der Waals surface area contributed by atoms with E-state index in [9.17, 15) is 13.2 Å². The summed E-state index contributed by atoms with van der Waals surface area (Å²) in [6, 6.07) is 0.930. The fourth-order valence-corrected chi connectivity index (χ4v) is 2.03. The van der Waals surface area contributed by atoms with E-state index in [2.05, 4.69) is 15.0 Å². The lowest BCUT2D eigenvalue weighted by atomic mass is 10.0. The Hall–Kier alpha value is -1.69. The monoisotopic (exact) mass is 315 g/mol. The first-order chi connectivity index (χ1) is 9.71. The van der Waals surface area contributed by atoms with Gasteiger partial charge in [0.05, 0.1) is 11.3 Å². The zero-order chi connectivity index (χ0) is 15.8. The second-order valence-corrected chi connectivity index (χ2v) is 5.28. The van der Waals surface area contributed by atoms with Gasteiger partial charge in [0.2, 0.25) is 0 Å². The molecule has 0 atom stereocenters. The molecule has 0 saturated carbocycles. The Morgan fingerprint density at radius 1 is 1.19 bits per heavy atom. The molecule has 0 aliphatic rings. The molecule has 112 valence electrons. The molecule has 2 aromatic rings. The maximum Gasteiger partial charge on any atom is 0.417 e. The predicted molar refractivity (Wildman–Crippen MR) is 74.1 cm³/mol. The summed E-state index contributed by atoms with van der Waals surface area (Å²) >= 11 is 6.03. The van der Waals surface area contributed by atoms with Gasteiger partial charge >= 0.3 is 6.18 Å². The number of nitrogens with zero attached hydrogens (tertiary/aromatic N) is 3. The van der Waals surface area contributed by atoms with Crippen molar-refractivity contribution in [2.45, 2.75) is 32.9 Å². The number of rotatable bonds is 2. The maximum absolute atomic E-state index is 13.1. The number of pyridine rings is 1. The molecule has 0 bridgehead atoms. The fourth-order valence-electron chi connectivity index (χ4n) is 1.86. The molecule has 0 unspecified atom stereocenters. The molecule has 0 aromatic carbocycles. The van der Waals surface area contributed by atoms with Gasteiger partial charge in [0.15, 0.2) is 0 Å². The number of hydrogen-bond donors (Lipinski definition) is 0. The molecule has 0 fully saturated rings. The second kappa shape index (κ2) is 5.60. The number of aromatic nitrogens is 3. The molecule has 2 aromatic heterocycles. The molecule has 0 radical (unpaired) electrons. The van der Waals surface area contributed by atoms with E-state index >= 15 is 0 Å². The molecule has 2 rings (SSSR count). The highest BCUT2D eigenvalue weighted by Crippen LogP contribution is 2.38. The zero-order valence-electron chi connectivity index (χ0n) is 11.7. The molecule has 3 nitrogen and oxygen atoms in total. The van der Waals surface area contributed by atoms with Gasteiger partial charge in [-0.25, -0.2) is 9.97 Å². The van der Waals surface area contributed by atoms with E-state index in [1.54, 1.807) is 6.92 Å². The lowest BCUT2D eigenvalue weighted by molar-refractivity contribution is -0.137. The first-order valence-electron chi connectivity index (χ1n) is 6.27. The largest absolute Gasteiger partial charge is 0.417 e. The summed E-state index contributed by atoms with van der Waals surface area (Å²) in [6.45, 7) is 5.28. The Balaban J connectivity index is 2.73. The van der Waals surface area contributed by atoms with Crippen molar-refractivity contribution in [3.8, 4) is 11.3 Å². The van der Waals surface area contributed by atoms with Crippen LogP contribution in [-0.2, 0) is 6.18 Å². The van der Waals surface area contributed by atoms with Gasteiger partial charge < -0.3 is 0 Å². The van der Waals surface area contributed by atoms with Crippen LogP contribution < -0.4 is 0 Å². The molecule has 0 N–H and O–H groups in total. The quantitative estimate of drug-likeness (QED) is 0.758. The van der Waals surface area contributed by atoms with E-state index in [0.717, 1.165) is 18.5 Å². The molecule has 0 amide bonds. The minimum Gasteiger partial charge on any atom is -0.264 e. The van der Waals surface area contributed by atoms with Crippen molar-refractivity contribution in [1.29, 1.82) is 0 Å². The number of hydrogen-bond acceptors (Lipinski definition) is 3. The Bertz CT molecular complexity index is 669. The van der Waals surface area contributed by atoms with Crippen LogP contribution in [0.4, 0.5) is 13.2 Å². The lowest BCUT2D eigenvalue weighted by Crippen LogP contribution is -2.10. The summed E-state index contributed by atoms with van der Waals surface area (Å²) in [5, 5.41) is 0.153. The highest BCUT2D eigenvalue weighted by atomic mass is 35.5. The average molecular weight is 316 g/mol. The molecule has 0 aliphatic carbocycles. The summed E-state index contributed by atoms with van der Waals surface area (Å²) in [7, 11) is 0. The van der Waals surface area contributed by atoms with Crippen molar-refractivity contribution < 1.29 is 13.2 Å². The third-order valence-corrected chi connectivity index (χ3v) is 3.37. The molecule has 0 aliphatic heterocycles. The second-order valence-electron chi connectivity index (χ2n) is 4.92. The first kappa shape index (κ1) is 15.7. The van der Waals surface area contributed by atoms with Crippen molar-refractivity contribution in [1.82, 2.24) is 15.0 Å². The van der Waals surface area contributed by atoms with Crippen molar-refractivity contribution in [3.05, 3.63) is 40.6 Å². The van der Waals surface area contributed by atoms with Crippen LogP contribution in [0.1, 0.15) is 36.7 Å². The van der Waals surface area contributed by atoms with Crippen LogP contribution in [0.25, 0.3) is 11.3 Å². The van der Waals surface area contributed by atoms with Crippen LogP contribution in [0.15, 0.2) is 18.5 Å². The average Bonchev–Trinajstić information content (AvgIpc) is 2.40. The van der Waals surface area contributed by atoms with Crippen LogP contribution in [0, 0.1) is 6.92 Å². The first-order valence-corrected chi connectivity index (χ1v) is 6.65. The smallest absolute Gasteiger partial charge is 0.264 e. The molecule has 0 saturated heterocycles. The van der Waals surface area contributed by atoms with Crippen molar-refractivity contribution in [2.24, 2.45) is 0 Å². The standard InChI is InChI=1S/C14H13ClF3N3/c1-7(2)13-20-11(8(3)12(15)21-13)9-6-19-5-4-10(9)14(16,17)18/h4-7H,1-3H3. The minimum absolute atomic E-state index is 0.0483. The van der Waals surface area contributed by atoms with Crippen molar-refractivity contribution in [3.63, 3.8) is 0 Å². The topological polar surface area (TPSA) is 38.7 Å². The predicted octanol–water partition coefficient (Wildman–Crippen LogP) is 4.64. The number of alkyl halides is 3. The normalized spacial score (nSPS) is 12.0. The number of halogens is 4. The highest BCUT2D eigenvalue weighted by Gasteiger charge is 2.34. The van der Waals surface area contributed by atoms with E-state index in [0.29, 0.717) is 11.4 Å². The van der Waals surface area contributed by atoms with Gasteiger partial charge in [-0.15, -0.1) is 0 Å². The fraction of sp³-hybridized carbons (Fsp3) is 0.357. The van der Waals surface area contributed by atoms with Gasteiger partial charge in [0.25, 0.3) is 0 Å². The van der Waals surface area contributed by atoms with E-state index in [1.165, 1.54) is 0 Å². The summed E-state index contributed by atoms with van der Waals surface area (Å²) in [6.07, 6.45) is -2.23. The van der Waals surface area contributed by atoms with Gasteiger partial charge in [0.1, 0.15) is 11.0 Å². The Kier molecular flexibility index (Phi) is 4.18. The molecule has 21 heavy (non-hydrogen) atoms. The van der Waals surface area contributed by atoms with Crippen molar-refractivity contribution >= 4 is 11.6 Å². The summed E-state index contributed by atoms with van der Waals surface area (Å²) < 4.78 is 39.4. The maximum atomic E-state index is 13.1. The van der Waals surface area contributed by atoms with Crippen LogP contribution in [0.5, 0.6) is 0 Å². The third kappa shape index (κ3) is 3.15. The van der Waals surface area contributed by atoms with Gasteiger partial charge in [-0.2, -0.15) is 13.2 Å². The highest BCUT2D eigenvalue weighted by molar-refractivity contribution is 6.30. The van der Waals surface area contributed by atoms with E-state index in [1.807, 2.05) is 13.8 Å². The third-order valence-electron chi connectivity index (χ3n) is 3.00. The van der Waals surface area contributed by atoms with Crippen molar-refractivity contribution in [2.75, 3.05) is 0 Å². The van der Waals surface area contributed by atoms with Crippen LogP contribution in [-0.4, -0.2) is 15.0 Å². The van der Waals surface area contributed by atoms with Gasteiger partial charge in [0, 0.05) is 29.4 Å². The van der Waals surface area contributed by atoms with Gasteiger partial charge in [-0.3, -0.25) is 4.98 Å². The lowest BCUT2D eigenvalue weighted by Gasteiger charge is -2.15. The Morgan fingerprint density at radius 2 is 1.86 bits per heavy atom. The molecular formula is C14H13ClF3N3.